The number of amides is 2. The number of nitrogens with one attached hydrogen (secondary N) is 2. The largest absolute Gasteiger partial charge is 0.497 e. The fourth-order valence-corrected chi connectivity index (χ4v) is 4.75. The Morgan fingerprint density at radius 2 is 1.97 bits per heavy atom. The van der Waals surface area contributed by atoms with Gasteiger partial charge in [0.2, 0.25) is 21.8 Å². The van der Waals surface area contributed by atoms with Gasteiger partial charge < -0.3 is 15.4 Å². The molecule has 3 rings (SSSR count). The SMILES string of the molecule is COc1ccc(CNC(=O)CN(C)S(=O)(=O)c2ccc3c(c2)SCC(=O)N3)cc1. The van der Waals surface area contributed by atoms with Crippen LogP contribution < -0.4 is 15.4 Å². The minimum absolute atomic E-state index is 0.0744. The van der Waals surface area contributed by atoms with Crippen LogP contribution in [0.25, 0.3) is 0 Å². The molecule has 0 bridgehead atoms. The van der Waals surface area contributed by atoms with Crippen LogP contribution in [0.5, 0.6) is 5.75 Å². The van der Waals surface area contributed by atoms with E-state index in [4.69, 9.17) is 4.74 Å². The van der Waals surface area contributed by atoms with E-state index in [0.717, 1.165) is 9.87 Å². The third-order valence-electron chi connectivity index (χ3n) is 4.31. The molecular weight excluding hydrogens is 414 g/mol. The second kappa shape index (κ2) is 8.85. The molecule has 0 atom stereocenters. The van der Waals surface area contributed by atoms with Crippen LogP contribution >= 0.6 is 11.8 Å². The molecule has 0 aliphatic carbocycles. The van der Waals surface area contributed by atoms with Crippen LogP contribution in [0.3, 0.4) is 0 Å². The number of likely N-dealkylation sites (N-methyl/N-ethyl adjacent to an activating group) is 1. The van der Waals surface area contributed by atoms with Crippen molar-refractivity contribution in [3.05, 3.63) is 48.0 Å². The Labute approximate surface area is 173 Å². The van der Waals surface area contributed by atoms with Crippen LogP contribution in [0.4, 0.5) is 5.69 Å². The third-order valence-corrected chi connectivity index (χ3v) is 7.16. The summed E-state index contributed by atoms with van der Waals surface area (Å²) < 4.78 is 31.7. The van der Waals surface area contributed by atoms with Gasteiger partial charge in [0.25, 0.3) is 0 Å². The molecule has 0 radical (unpaired) electrons. The summed E-state index contributed by atoms with van der Waals surface area (Å²) in [6, 6.07) is 11.7. The van der Waals surface area contributed by atoms with E-state index in [9.17, 15) is 18.0 Å². The van der Waals surface area contributed by atoms with Crippen molar-refractivity contribution in [3.8, 4) is 5.75 Å². The molecule has 2 aromatic carbocycles. The summed E-state index contributed by atoms with van der Waals surface area (Å²) in [5.74, 6) is 0.420. The molecule has 0 fully saturated rings. The van der Waals surface area contributed by atoms with Crippen LogP contribution in [-0.2, 0) is 26.2 Å². The molecule has 10 heteroatoms. The third kappa shape index (κ3) is 5.08. The number of anilines is 1. The molecule has 1 heterocycles. The number of carbonyl (C=O) groups excluding carboxylic acids is 2. The van der Waals surface area contributed by atoms with Gasteiger partial charge in [0.15, 0.2) is 0 Å². The summed E-state index contributed by atoms with van der Waals surface area (Å²) in [5.41, 5.74) is 1.46. The van der Waals surface area contributed by atoms with E-state index in [1.807, 2.05) is 12.1 Å². The average molecular weight is 436 g/mol. The number of fused-ring (bicyclic) bond motifs is 1. The highest BCUT2D eigenvalue weighted by Gasteiger charge is 2.25. The van der Waals surface area contributed by atoms with Gasteiger partial charge in [-0.2, -0.15) is 4.31 Å². The van der Waals surface area contributed by atoms with Gasteiger partial charge >= 0.3 is 0 Å². The zero-order chi connectivity index (χ0) is 21.0. The number of ether oxygens (including phenoxy) is 1. The predicted molar refractivity (Wildman–Crippen MR) is 110 cm³/mol. The first-order chi connectivity index (χ1) is 13.8. The fraction of sp³-hybridized carbons (Fsp3) is 0.263. The number of methoxy groups -OCH3 is 1. The van der Waals surface area contributed by atoms with Crippen molar-refractivity contribution < 1.29 is 22.7 Å². The van der Waals surface area contributed by atoms with Crippen molar-refractivity contribution in [2.45, 2.75) is 16.3 Å². The van der Waals surface area contributed by atoms with Crippen molar-refractivity contribution in [2.24, 2.45) is 0 Å². The van der Waals surface area contributed by atoms with Crippen molar-refractivity contribution >= 4 is 39.3 Å². The Morgan fingerprint density at radius 1 is 1.24 bits per heavy atom. The summed E-state index contributed by atoms with van der Waals surface area (Å²) >= 11 is 1.28. The van der Waals surface area contributed by atoms with Crippen molar-refractivity contribution in [3.63, 3.8) is 0 Å². The molecule has 8 nitrogen and oxygen atoms in total. The number of hydrogen-bond donors (Lipinski definition) is 2. The molecule has 1 aliphatic rings. The number of benzene rings is 2. The van der Waals surface area contributed by atoms with E-state index in [-0.39, 0.29) is 29.6 Å². The number of nitrogens with zero attached hydrogens (tertiary/aromatic N) is 1. The number of hydrogen-bond acceptors (Lipinski definition) is 6. The summed E-state index contributed by atoms with van der Waals surface area (Å²) in [6.45, 7) is -0.0225. The monoisotopic (exact) mass is 435 g/mol. The number of thioether (sulfide) groups is 1. The summed E-state index contributed by atoms with van der Waals surface area (Å²) in [5, 5.41) is 5.41. The number of rotatable bonds is 7. The maximum absolute atomic E-state index is 12.8. The Hall–Kier alpha value is -2.56. The molecule has 1 aliphatic heterocycles. The van der Waals surface area contributed by atoms with Crippen molar-refractivity contribution in [2.75, 3.05) is 31.8 Å². The lowest BCUT2D eigenvalue weighted by molar-refractivity contribution is -0.121. The maximum Gasteiger partial charge on any atom is 0.243 e. The first-order valence-electron chi connectivity index (χ1n) is 8.72. The molecule has 2 amide bonds. The van der Waals surface area contributed by atoms with E-state index < -0.39 is 15.9 Å². The van der Waals surface area contributed by atoms with E-state index in [1.54, 1.807) is 25.3 Å². The Morgan fingerprint density at radius 3 is 2.66 bits per heavy atom. The molecule has 29 heavy (non-hydrogen) atoms. The minimum Gasteiger partial charge on any atom is -0.497 e. The molecular formula is C19H21N3O5S2. The maximum atomic E-state index is 12.8. The Kier molecular flexibility index (Phi) is 6.46. The molecule has 0 unspecified atom stereocenters. The first kappa shape index (κ1) is 21.2. The van der Waals surface area contributed by atoms with E-state index in [2.05, 4.69) is 10.6 Å². The second-order valence-electron chi connectivity index (χ2n) is 6.38. The quantitative estimate of drug-likeness (QED) is 0.686. The smallest absolute Gasteiger partial charge is 0.243 e. The number of carbonyl (C=O) groups is 2. The molecule has 0 aromatic heterocycles. The van der Waals surface area contributed by atoms with Gasteiger partial charge in [0, 0.05) is 18.5 Å². The summed E-state index contributed by atoms with van der Waals surface area (Å²) in [4.78, 5) is 24.4. The highest BCUT2D eigenvalue weighted by Crippen LogP contribution is 2.33. The van der Waals surface area contributed by atoms with Gasteiger partial charge in [-0.05, 0) is 35.9 Å². The lowest BCUT2D eigenvalue weighted by Crippen LogP contribution is -2.38. The first-order valence-corrected chi connectivity index (χ1v) is 11.1. The lowest BCUT2D eigenvalue weighted by atomic mass is 10.2. The highest BCUT2D eigenvalue weighted by molar-refractivity contribution is 8.00. The lowest BCUT2D eigenvalue weighted by Gasteiger charge is -2.20. The normalized spacial score (nSPS) is 13.6. The summed E-state index contributed by atoms with van der Waals surface area (Å²) in [7, 11) is -0.912. The van der Waals surface area contributed by atoms with Crippen molar-refractivity contribution in [1.29, 1.82) is 0 Å². The topological polar surface area (TPSA) is 105 Å². The van der Waals surface area contributed by atoms with Crippen molar-refractivity contribution in [1.82, 2.24) is 9.62 Å². The van der Waals surface area contributed by atoms with Gasteiger partial charge in [-0.25, -0.2) is 8.42 Å². The van der Waals surface area contributed by atoms with Crippen LogP contribution in [0.1, 0.15) is 5.56 Å². The molecule has 0 spiro atoms. The number of sulfonamides is 1. The Bertz CT molecular complexity index is 1020. The van der Waals surface area contributed by atoms with E-state index in [0.29, 0.717) is 16.3 Å². The Balaban J connectivity index is 1.62. The van der Waals surface area contributed by atoms with Gasteiger partial charge in [-0.1, -0.05) is 12.1 Å². The summed E-state index contributed by atoms with van der Waals surface area (Å²) in [6.07, 6.45) is 0. The second-order valence-corrected chi connectivity index (χ2v) is 9.44. The van der Waals surface area contributed by atoms with Gasteiger partial charge in [0.1, 0.15) is 5.75 Å². The molecule has 0 saturated carbocycles. The average Bonchev–Trinajstić information content (AvgIpc) is 2.72. The minimum atomic E-state index is -3.84. The zero-order valence-corrected chi connectivity index (χ0v) is 17.6. The fourth-order valence-electron chi connectivity index (χ4n) is 2.68. The van der Waals surface area contributed by atoms with Crippen LogP contribution in [0.15, 0.2) is 52.3 Å². The predicted octanol–water partition coefficient (Wildman–Crippen LogP) is 1.68. The highest BCUT2D eigenvalue weighted by atomic mass is 32.2. The molecule has 2 N–H and O–H groups in total. The van der Waals surface area contributed by atoms with E-state index in [1.165, 1.54) is 30.9 Å². The molecule has 2 aromatic rings. The van der Waals surface area contributed by atoms with Crippen LogP contribution in [0.2, 0.25) is 0 Å². The standard InChI is InChI=1S/C19H21N3O5S2/c1-22(11-18(23)20-10-13-3-5-14(27-2)6-4-13)29(25,26)15-7-8-16-17(9-15)28-12-19(24)21-16/h3-9H,10-12H2,1-2H3,(H,20,23)(H,21,24). The van der Waals surface area contributed by atoms with Gasteiger partial charge in [-0.3, -0.25) is 9.59 Å². The van der Waals surface area contributed by atoms with Gasteiger partial charge in [0.05, 0.1) is 30.0 Å². The molecule has 154 valence electrons. The van der Waals surface area contributed by atoms with Crippen LogP contribution in [0, 0.1) is 0 Å². The van der Waals surface area contributed by atoms with Crippen LogP contribution in [-0.4, -0.2) is 51.0 Å². The molecule has 0 saturated heterocycles. The van der Waals surface area contributed by atoms with Gasteiger partial charge in [-0.15, -0.1) is 11.8 Å². The zero-order valence-electron chi connectivity index (χ0n) is 16.0. The van der Waals surface area contributed by atoms with E-state index >= 15 is 0 Å².